The standard InChI is InChI=1S/C13H23N3S/c1-10(8-9-13(2,3)4)14-11-6-7-12(17-5)16-15-11/h6-7,10H,8-9H2,1-5H3,(H,14,15). The maximum absolute atomic E-state index is 4.15. The highest BCUT2D eigenvalue weighted by Crippen LogP contribution is 2.22. The third-order valence-corrected chi connectivity index (χ3v) is 3.21. The molecule has 1 aromatic rings. The normalized spacial score (nSPS) is 13.5. The summed E-state index contributed by atoms with van der Waals surface area (Å²) in [6.07, 6.45) is 4.36. The molecule has 0 aliphatic heterocycles. The van der Waals surface area contributed by atoms with E-state index in [1.165, 1.54) is 6.42 Å². The molecule has 1 unspecified atom stereocenters. The molecule has 0 saturated carbocycles. The Balaban J connectivity index is 2.42. The SMILES string of the molecule is CSc1ccc(NC(C)CCC(C)(C)C)nn1. The van der Waals surface area contributed by atoms with Crippen LogP contribution in [-0.2, 0) is 0 Å². The third-order valence-electron chi connectivity index (χ3n) is 2.57. The van der Waals surface area contributed by atoms with Crippen LogP contribution in [0.4, 0.5) is 5.82 Å². The van der Waals surface area contributed by atoms with Crippen LogP contribution in [0.5, 0.6) is 0 Å². The molecule has 0 radical (unpaired) electrons. The monoisotopic (exact) mass is 253 g/mol. The Morgan fingerprint density at radius 2 is 2.00 bits per heavy atom. The maximum Gasteiger partial charge on any atom is 0.148 e. The van der Waals surface area contributed by atoms with Crippen LogP contribution in [0.15, 0.2) is 17.2 Å². The average Bonchev–Trinajstić information content (AvgIpc) is 2.27. The van der Waals surface area contributed by atoms with Crippen molar-refractivity contribution in [3.8, 4) is 0 Å². The molecule has 0 aliphatic rings. The second-order valence-corrected chi connectivity index (χ2v) is 6.43. The number of nitrogens with zero attached hydrogens (tertiary/aromatic N) is 2. The van der Waals surface area contributed by atoms with E-state index < -0.39 is 0 Å². The highest BCUT2D eigenvalue weighted by molar-refractivity contribution is 7.98. The Kier molecular flexibility index (Phi) is 5.25. The fourth-order valence-corrected chi connectivity index (χ4v) is 1.81. The zero-order chi connectivity index (χ0) is 12.9. The van der Waals surface area contributed by atoms with Crippen molar-refractivity contribution < 1.29 is 0 Å². The van der Waals surface area contributed by atoms with Crippen LogP contribution < -0.4 is 5.32 Å². The Hall–Kier alpha value is -0.770. The third kappa shape index (κ3) is 5.91. The van der Waals surface area contributed by atoms with Crippen LogP contribution in [0.25, 0.3) is 0 Å². The van der Waals surface area contributed by atoms with E-state index in [-0.39, 0.29) is 0 Å². The van der Waals surface area contributed by atoms with Crippen molar-refractivity contribution in [1.82, 2.24) is 10.2 Å². The van der Waals surface area contributed by atoms with E-state index in [0.29, 0.717) is 11.5 Å². The molecule has 0 fully saturated rings. The quantitative estimate of drug-likeness (QED) is 0.809. The van der Waals surface area contributed by atoms with Crippen LogP contribution in [0.2, 0.25) is 0 Å². The van der Waals surface area contributed by atoms with Crippen molar-refractivity contribution in [2.24, 2.45) is 5.41 Å². The molecule has 0 bridgehead atoms. The van der Waals surface area contributed by atoms with E-state index in [1.807, 2.05) is 18.4 Å². The number of hydrogen-bond acceptors (Lipinski definition) is 4. The Bertz CT molecular complexity index is 330. The number of thioether (sulfide) groups is 1. The first-order chi connectivity index (χ1) is 7.90. The van der Waals surface area contributed by atoms with Gasteiger partial charge in [-0.1, -0.05) is 20.8 Å². The predicted octanol–water partition coefficient (Wildman–Crippen LogP) is 3.83. The van der Waals surface area contributed by atoms with Crippen LogP contribution >= 0.6 is 11.8 Å². The lowest BCUT2D eigenvalue weighted by Crippen LogP contribution is -2.19. The van der Waals surface area contributed by atoms with E-state index in [4.69, 9.17) is 0 Å². The molecule has 0 saturated heterocycles. The molecule has 1 heterocycles. The van der Waals surface area contributed by atoms with E-state index in [0.717, 1.165) is 17.3 Å². The molecule has 1 rings (SSSR count). The summed E-state index contributed by atoms with van der Waals surface area (Å²) >= 11 is 1.61. The van der Waals surface area contributed by atoms with Gasteiger partial charge >= 0.3 is 0 Å². The van der Waals surface area contributed by atoms with Crippen molar-refractivity contribution in [2.75, 3.05) is 11.6 Å². The molecule has 17 heavy (non-hydrogen) atoms. The topological polar surface area (TPSA) is 37.8 Å². The van der Waals surface area contributed by atoms with Gasteiger partial charge in [0.05, 0.1) is 0 Å². The second-order valence-electron chi connectivity index (χ2n) is 5.61. The van der Waals surface area contributed by atoms with Crippen molar-refractivity contribution in [3.05, 3.63) is 12.1 Å². The van der Waals surface area contributed by atoms with Crippen molar-refractivity contribution >= 4 is 17.6 Å². The van der Waals surface area contributed by atoms with Gasteiger partial charge in [-0.25, -0.2) is 0 Å². The second kappa shape index (κ2) is 6.24. The highest BCUT2D eigenvalue weighted by Gasteiger charge is 2.12. The molecule has 3 nitrogen and oxygen atoms in total. The van der Waals surface area contributed by atoms with Crippen LogP contribution in [0.3, 0.4) is 0 Å². The maximum atomic E-state index is 4.15. The first-order valence-corrected chi connectivity index (χ1v) is 7.27. The summed E-state index contributed by atoms with van der Waals surface area (Å²) in [5.41, 5.74) is 0.393. The summed E-state index contributed by atoms with van der Waals surface area (Å²) in [6.45, 7) is 9.00. The zero-order valence-corrected chi connectivity index (χ0v) is 12.3. The molecule has 1 aromatic heterocycles. The van der Waals surface area contributed by atoms with Crippen molar-refractivity contribution in [1.29, 1.82) is 0 Å². The predicted molar refractivity (Wildman–Crippen MR) is 75.6 cm³/mol. The van der Waals surface area contributed by atoms with Crippen molar-refractivity contribution in [2.45, 2.75) is 51.6 Å². The molecule has 96 valence electrons. The van der Waals surface area contributed by atoms with Gasteiger partial charge in [0.1, 0.15) is 10.8 Å². The number of aromatic nitrogens is 2. The van der Waals surface area contributed by atoms with E-state index in [9.17, 15) is 0 Å². The summed E-state index contributed by atoms with van der Waals surface area (Å²) in [6, 6.07) is 4.42. The Morgan fingerprint density at radius 1 is 1.29 bits per heavy atom. The van der Waals surface area contributed by atoms with Crippen LogP contribution in [-0.4, -0.2) is 22.5 Å². The average molecular weight is 253 g/mol. The fourth-order valence-electron chi connectivity index (χ4n) is 1.48. The van der Waals surface area contributed by atoms with Crippen LogP contribution in [0.1, 0.15) is 40.5 Å². The van der Waals surface area contributed by atoms with Gasteiger partial charge in [0.25, 0.3) is 0 Å². The first-order valence-electron chi connectivity index (χ1n) is 6.05. The lowest BCUT2D eigenvalue weighted by atomic mass is 9.89. The molecule has 1 N–H and O–H groups in total. The van der Waals surface area contributed by atoms with Gasteiger partial charge in [-0.3, -0.25) is 0 Å². The van der Waals surface area contributed by atoms with Crippen LogP contribution in [0, 0.1) is 5.41 Å². The summed E-state index contributed by atoms with van der Waals surface area (Å²) in [5.74, 6) is 0.865. The van der Waals surface area contributed by atoms with Gasteiger partial charge in [-0.2, -0.15) is 0 Å². The minimum absolute atomic E-state index is 0.393. The largest absolute Gasteiger partial charge is 0.366 e. The minimum Gasteiger partial charge on any atom is -0.366 e. The molecular formula is C13H23N3S. The first kappa shape index (κ1) is 14.3. The summed E-state index contributed by atoms with van der Waals surface area (Å²) in [4.78, 5) is 0. The zero-order valence-electron chi connectivity index (χ0n) is 11.4. The van der Waals surface area contributed by atoms with E-state index in [2.05, 4.69) is 43.2 Å². The van der Waals surface area contributed by atoms with Gasteiger partial charge in [-0.05, 0) is 43.6 Å². The van der Waals surface area contributed by atoms with E-state index in [1.54, 1.807) is 11.8 Å². The number of nitrogens with one attached hydrogen (secondary N) is 1. The molecule has 0 spiro atoms. The summed E-state index contributed by atoms with van der Waals surface area (Å²) in [5, 5.41) is 12.6. The molecule has 4 heteroatoms. The van der Waals surface area contributed by atoms with Gasteiger partial charge in [-0.15, -0.1) is 22.0 Å². The lowest BCUT2D eigenvalue weighted by molar-refractivity contribution is 0.356. The Labute approximate surface area is 109 Å². The fraction of sp³-hybridized carbons (Fsp3) is 0.692. The Morgan fingerprint density at radius 3 is 2.47 bits per heavy atom. The molecule has 0 aromatic carbocycles. The van der Waals surface area contributed by atoms with Crippen molar-refractivity contribution in [3.63, 3.8) is 0 Å². The van der Waals surface area contributed by atoms with Gasteiger partial charge in [0, 0.05) is 6.04 Å². The summed E-state index contributed by atoms with van der Waals surface area (Å²) in [7, 11) is 0. The number of hydrogen-bond donors (Lipinski definition) is 1. The summed E-state index contributed by atoms with van der Waals surface area (Å²) < 4.78 is 0. The highest BCUT2D eigenvalue weighted by atomic mass is 32.2. The molecular weight excluding hydrogens is 230 g/mol. The number of anilines is 1. The smallest absolute Gasteiger partial charge is 0.148 e. The van der Waals surface area contributed by atoms with Gasteiger partial charge in [0.15, 0.2) is 0 Å². The van der Waals surface area contributed by atoms with Gasteiger partial charge in [0.2, 0.25) is 0 Å². The molecule has 0 aliphatic carbocycles. The van der Waals surface area contributed by atoms with E-state index >= 15 is 0 Å². The lowest BCUT2D eigenvalue weighted by Gasteiger charge is -2.21. The molecule has 1 atom stereocenters. The number of rotatable bonds is 5. The molecule has 0 amide bonds. The van der Waals surface area contributed by atoms with Gasteiger partial charge < -0.3 is 5.32 Å². The minimum atomic E-state index is 0.393.